The zero-order chi connectivity index (χ0) is 28.6. The van der Waals surface area contributed by atoms with E-state index in [2.05, 4.69) is 23.6 Å². The Morgan fingerprint density at radius 3 is 2.28 bits per heavy atom. The van der Waals surface area contributed by atoms with Crippen molar-refractivity contribution in [2.24, 2.45) is 0 Å². The summed E-state index contributed by atoms with van der Waals surface area (Å²) in [5.74, 6) is -0.637. The second-order valence-corrected chi connectivity index (χ2v) is 9.99. The van der Waals surface area contributed by atoms with Gasteiger partial charge < -0.3 is 14.4 Å². The monoisotopic (exact) mass is 541 g/mol. The SMILES string of the molecule is CCCCN(CC(=O)N(Cc1cccn1Cc1ccccc1C)C(C)CC)C(=O)c1ccc(C(F)(F)F)cc1. The van der Waals surface area contributed by atoms with Gasteiger partial charge in [0.25, 0.3) is 5.91 Å². The van der Waals surface area contributed by atoms with Crippen LogP contribution in [0.1, 0.15) is 72.8 Å². The first-order valence-corrected chi connectivity index (χ1v) is 13.5. The minimum Gasteiger partial charge on any atom is -0.345 e. The molecule has 1 aromatic heterocycles. The van der Waals surface area contributed by atoms with E-state index in [1.165, 1.54) is 28.2 Å². The molecule has 3 aromatic rings. The van der Waals surface area contributed by atoms with Crippen molar-refractivity contribution in [2.75, 3.05) is 13.1 Å². The van der Waals surface area contributed by atoms with Crippen LogP contribution in [0.4, 0.5) is 13.2 Å². The third kappa shape index (κ3) is 7.97. The molecule has 5 nitrogen and oxygen atoms in total. The van der Waals surface area contributed by atoms with Crippen LogP contribution in [-0.4, -0.2) is 45.3 Å². The van der Waals surface area contributed by atoms with Crippen LogP contribution in [0.15, 0.2) is 66.9 Å². The van der Waals surface area contributed by atoms with Crippen LogP contribution in [-0.2, 0) is 24.1 Å². The van der Waals surface area contributed by atoms with Crippen LogP contribution in [0, 0.1) is 6.92 Å². The Morgan fingerprint density at radius 1 is 0.974 bits per heavy atom. The Labute approximate surface area is 229 Å². The van der Waals surface area contributed by atoms with E-state index in [0.717, 1.165) is 30.7 Å². The van der Waals surface area contributed by atoms with Crippen LogP contribution in [0.25, 0.3) is 0 Å². The molecule has 0 aliphatic heterocycles. The fourth-order valence-corrected chi connectivity index (χ4v) is 4.44. The molecule has 1 unspecified atom stereocenters. The van der Waals surface area contributed by atoms with Gasteiger partial charge in [0.1, 0.15) is 6.54 Å². The fourth-order valence-electron chi connectivity index (χ4n) is 4.44. The van der Waals surface area contributed by atoms with Crippen LogP contribution in [0.2, 0.25) is 0 Å². The zero-order valence-electron chi connectivity index (χ0n) is 23.2. The summed E-state index contributed by atoms with van der Waals surface area (Å²) in [6, 6.07) is 16.3. The van der Waals surface area contributed by atoms with Gasteiger partial charge in [-0.1, -0.05) is 44.5 Å². The molecule has 0 aliphatic rings. The van der Waals surface area contributed by atoms with Crippen LogP contribution in [0.5, 0.6) is 0 Å². The maximum Gasteiger partial charge on any atom is 0.416 e. The van der Waals surface area contributed by atoms with Crippen LogP contribution < -0.4 is 0 Å². The first-order chi connectivity index (χ1) is 18.5. The summed E-state index contributed by atoms with van der Waals surface area (Å²) in [7, 11) is 0. The van der Waals surface area contributed by atoms with E-state index in [1.54, 1.807) is 4.90 Å². The quantitative estimate of drug-likeness (QED) is 0.250. The number of carbonyl (C=O) groups excluding carboxylic acids is 2. The van der Waals surface area contributed by atoms with Crippen molar-refractivity contribution in [2.45, 2.75) is 72.3 Å². The van der Waals surface area contributed by atoms with Gasteiger partial charge in [0, 0.05) is 36.6 Å². The molecular weight excluding hydrogens is 503 g/mol. The topological polar surface area (TPSA) is 45.6 Å². The number of aryl methyl sites for hydroxylation is 1. The molecule has 210 valence electrons. The number of halogens is 3. The molecule has 0 saturated heterocycles. The summed E-state index contributed by atoms with van der Waals surface area (Å²) in [6.45, 7) is 9.35. The lowest BCUT2D eigenvalue weighted by Crippen LogP contribution is -2.46. The number of rotatable bonds is 12. The van der Waals surface area contributed by atoms with Crippen molar-refractivity contribution in [1.29, 1.82) is 0 Å². The van der Waals surface area contributed by atoms with E-state index in [0.29, 0.717) is 26.1 Å². The van der Waals surface area contributed by atoms with E-state index in [4.69, 9.17) is 0 Å². The predicted molar refractivity (Wildman–Crippen MR) is 147 cm³/mol. The molecule has 2 amide bonds. The number of unbranched alkanes of at least 4 members (excludes halogenated alkanes) is 1. The summed E-state index contributed by atoms with van der Waals surface area (Å²) in [6.07, 6.45) is -0.239. The lowest BCUT2D eigenvalue weighted by molar-refractivity contribution is -0.137. The second-order valence-electron chi connectivity index (χ2n) is 9.99. The molecule has 0 radical (unpaired) electrons. The Kier molecular flexibility index (Phi) is 10.4. The van der Waals surface area contributed by atoms with Crippen molar-refractivity contribution in [1.82, 2.24) is 14.4 Å². The Balaban J connectivity index is 1.80. The van der Waals surface area contributed by atoms with Gasteiger partial charge >= 0.3 is 6.18 Å². The first-order valence-electron chi connectivity index (χ1n) is 13.5. The highest BCUT2D eigenvalue weighted by molar-refractivity contribution is 5.96. The van der Waals surface area contributed by atoms with Gasteiger partial charge in [0.2, 0.25) is 5.91 Å². The van der Waals surface area contributed by atoms with Crippen molar-refractivity contribution < 1.29 is 22.8 Å². The lowest BCUT2D eigenvalue weighted by atomic mass is 10.1. The van der Waals surface area contributed by atoms with Gasteiger partial charge in [-0.05, 0) is 74.2 Å². The van der Waals surface area contributed by atoms with Gasteiger partial charge in [0.05, 0.1) is 12.1 Å². The minimum atomic E-state index is -4.48. The molecule has 8 heteroatoms. The Bertz CT molecular complexity index is 1230. The van der Waals surface area contributed by atoms with Gasteiger partial charge in [-0.25, -0.2) is 0 Å². The molecule has 0 spiro atoms. The molecule has 39 heavy (non-hydrogen) atoms. The number of hydrogen-bond donors (Lipinski definition) is 0. The molecule has 0 fully saturated rings. The standard InChI is InChI=1S/C31H38F3N3O2/c1-5-7-18-36(30(39)25-14-16-27(17-15-25)31(32,33)34)22-29(38)37(24(4)6-2)21-28-13-10-19-35(28)20-26-12-9-8-11-23(26)3/h8-17,19,24H,5-7,18,20-22H2,1-4H3. The van der Waals surface area contributed by atoms with E-state index in [1.807, 2.05) is 51.2 Å². The number of amides is 2. The largest absolute Gasteiger partial charge is 0.416 e. The second kappa shape index (κ2) is 13.5. The average molecular weight is 542 g/mol. The number of nitrogens with zero attached hydrogens (tertiary/aromatic N) is 3. The first kappa shape index (κ1) is 30.0. The van der Waals surface area contributed by atoms with Gasteiger partial charge in [0.15, 0.2) is 0 Å². The van der Waals surface area contributed by atoms with E-state index in [-0.39, 0.29) is 24.1 Å². The molecule has 0 bridgehead atoms. The predicted octanol–water partition coefficient (Wildman–Crippen LogP) is 6.93. The average Bonchev–Trinajstić information content (AvgIpc) is 3.36. The van der Waals surface area contributed by atoms with Gasteiger partial charge in [-0.15, -0.1) is 0 Å². The van der Waals surface area contributed by atoms with Crippen LogP contribution in [0.3, 0.4) is 0 Å². The molecule has 0 N–H and O–H groups in total. The van der Waals surface area contributed by atoms with Crippen molar-refractivity contribution in [3.05, 3.63) is 94.8 Å². The molecular formula is C31H38F3N3O2. The van der Waals surface area contributed by atoms with Crippen molar-refractivity contribution in [3.8, 4) is 0 Å². The third-order valence-electron chi connectivity index (χ3n) is 7.16. The highest BCUT2D eigenvalue weighted by atomic mass is 19.4. The minimum absolute atomic E-state index is 0.0616. The highest BCUT2D eigenvalue weighted by Gasteiger charge is 2.31. The highest BCUT2D eigenvalue weighted by Crippen LogP contribution is 2.29. The molecule has 1 heterocycles. The van der Waals surface area contributed by atoms with Gasteiger partial charge in [-0.3, -0.25) is 9.59 Å². The third-order valence-corrected chi connectivity index (χ3v) is 7.16. The van der Waals surface area contributed by atoms with E-state index >= 15 is 0 Å². The fraction of sp³-hybridized carbons (Fsp3) is 0.419. The Hall–Kier alpha value is -3.55. The van der Waals surface area contributed by atoms with E-state index < -0.39 is 17.6 Å². The molecule has 0 aliphatic carbocycles. The van der Waals surface area contributed by atoms with Crippen LogP contribution >= 0.6 is 0 Å². The molecule has 3 rings (SSSR count). The van der Waals surface area contributed by atoms with E-state index in [9.17, 15) is 22.8 Å². The summed E-state index contributed by atoms with van der Waals surface area (Å²) < 4.78 is 41.1. The maximum atomic E-state index is 13.7. The van der Waals surface area contributed by atoms with Crippen molar-refractivity contribution >= 4 is 11.8 Å². The smallest absolute Gasteiger partial charge is 0.345 e. The number of carbonyl (C=O) groups is 2. The normalized spacial score (nSPS) is 12.3. The summed E-state index contributed by atoms with van der Waals surface area (Å²) in [5.41, 5.74) is 2.70. The summed E-state index contributed by atoms with van der Waals surface area (Å²) >= 11 is 0. The number of hydrogen-bond acceptors (Lipinski definition) is 2. The lowest BCUT2D eigenvalue weighted by Gasteiger charge is -2.32. The number of aromatic nitrogens is 1. The number of benzene rings is 2. The Morgan fingerprint density at radius 2 is 1.67 bits per heavy atom. The molecule has 1 atom stereocenters. The maximum absolute atomic E-state index is 13.7. The molecule has 0 saturated carbocycles. The van der Waals surface area contributed by atoms with Crippen molar-refractivity contribution in [3.63, 3.8) is 0 Å². The van der Waals surface area contributed by atoms with Gasteiger partial charge in [-0.2, -0.15) is 13.2 Å². The molecule has 2 aromatic carbocycles. The summed E-state index contributed by atoms with van der Waals surface area (Å²) in [5, 5.41) is 0. The number of alkyl halides is 3. The summed E-state index contributed by atoms with van der Waals surface area (Å²) in [4.78, 5) is 30.2. The zero-order valence-corrected chi connectivity index (χ0v) is 23.2.